The van der Waals surface area contributed by atoms with Crippen LogP contribution < -0.4 is 5.73 Å². The Bertz CT molecular complexity index is 892. The number of ether oxygens (including phenoxy) is 1. The summed E-state index contributed by atoms with van der Waals surface area (Å²) in [5.74, 6) is 2.97. The number of allylic oxidation sites excluding steroid dienone is 2. The first-order valence-corrected chi connectivity index (χ1v) is 14.3. The van der Waals surface area contributed by atoms with Crippen LogP contribution in [0.25, 0.3) is 0 Å². The number of methoxy groups -OCH3 is 1. The SMILES string of the molecule is COC(=O)[C@]12CC[C@@H](C)[C@H](C)[C@H]1C1=CC[C@@H]3[C@@]4(C)CC[C@H](N)C(C)(C)[C@@H]4CC[C@@]3(C)[C@]1(C)CC2. The van der Waals surface area contributed by atoms with Gasteiger partial charge in [-0.3, -0.25) is 4.79 Å². The molecule has 192 valence electrons. The Kier molecular flexibility index (Phi) is 5.55. The summed E-state index contributed by atoms with van der Waals surface area (Å²) in [5, 5.41) is 0. The van der Waals surface area contributed by atoms with Gasteiger partial charge in [0.25, 0.3) is 0 Å². The summed E-state index contributed by atoms with van der Waals surface area (Å²) < 4.78 is 5.52. The molecule has 10 atom stereocenters. The van der Waals surface area contributed by atoms with Gasteiger partial charge in [-0.05, 0) is 109 Å². The Labute approximate surface area is 209 Å². The largest absolute Gasteiger partial charge is 0.469 e. The van der Waals surface area contributed by atoms with Crippen LogP contribution in [0.1, 0.15) is 106 Å². The molecular weight excluding hydrogens is 418 g/mol. The normalized spacial score (nSPS) is 54.0. The van der Waals surface area contributed by atoms with Crippen LogP contribution in [0, 0.1) is 56.7 Å². The van der Waals surface area contributed by atoms with Gasteiger partial charge in [0.1, 0.15) is 0 Å². The average molecular weight is 470 g/mol. The maximum absolute atomic E-state index is 13.4. The molecule has 2 N–H and O–H groups in total. The fraction of sp³-hybridized carbons (Fsp3) is 0.903. The van der Waals surface area contributed by atoms with Crippen molar-refractivity contribution in [3.8, 4) is 0 Å². The van der Waals surface area contributed by atoms with Crippen LogP contribution in [0.2, 0.25) is 0 Å². The van der Waals surface area contributed by atoms with Crippen LogP contribution in [-0.2, 0) is 9.53 Å². The number of hydrogen-bond donors (Lipinski definition) is 1. The zero-order valence-electron chi connectivity index (χ0n) is 23.3. The van der Waals surface area contributed by atoms with Gasteiger partial charge >= 0.3 is 5.97 Å². The molecule has 3 heteroatoms. The van der Waals surface area contributed by atoms with Crippen molar-refractivity contribution in [2.24, 2.45) is 62.4 Å². The second-order valence-electron chi connectivity index (χ2n) is 14.8. The maximum Gasteiger partial charge on any atom is 0.312 e. The summed E-state index contributed by atoms with van der Waals surface area (Å²) in [4.78, 5) is 13.4. The quantitative estimate of drug-likeness (QED) is 0.328. The van der Waals surface area contributed by atoms with Gasteiger partial charge in [-0.25, -0.2) is 0 Å². The number of carbonyl (C=O) groups is 1. The monoisotopic (exact) mass is 469 g/mol. The molecule has 4 fully saturated rings. The lowest BCUT2D eigenvalue weighted by Gasteiger charge is -2.71. The van der Waals surface area contributed by atoms with Crippen molar-refractivity contribution in [2.75, 3.05) is 7.11 Å². The van der Waals surface area contributed by atoms with E-state index < -0.39 is 0 Å². The Hall–Kier alpha value is -0.830. The fourth-order valence-electron chi connectivity index (χ4n) is 11.1. The van der Waals surface area contributed by atoms with Crippen LogP contribution in [0.5, 0.6) is 0 Å². The molecule has 0 radical (unpaired) electrons. The van der Waals surface area contributed by atoms with Crippen LogP contribution in [0.3, 0.4) is 0 Å². The first kappa shape index (κ1) is 24.8. The zero-order valence-corrected chi connectivity index (χ0v) is 23.3. The minimum Gasteiger partial charge on any atom is -0.469 e. The van der Waals surface area contributed by atoms with E-state index in [0.717, 1.165) is 32.1 Å². The molecule has 5 rings (SSSR count). The van der Waals surface area contributed by atoms with Crippen molar-refractivity contribution in [1.82, 2.24) is 0 Å². The predicted molar refractivity (Wildman–Crippen MR) is 139 cm³/mol. The third kappa shape index (κ3) is 2.83. The summed E-state index contributed by atoms with van der Waals surface area (Å²) in [6, 6.07) is 0.320. The highest BCUT2D eigenvalue weighted by Crippen LogP contribution is 2.75. The minimum absolute atomic E-state index is 0.0603. The number of fused-ring (bicyclic) bond motifs is 7. The van der Waals surface area contributed by atoms with E-state index in [1.54, 1.807) is 12.7 Å². The van der Waals surface area contributed by atoms with E-state index in [-0.39, 0.29) is 27.6 Å². The molecule has 0 aliphatic heterocycles. The van der Waals surface area contributed by atoms with Gasteiger partial charge in [-0.1, -0.05) is 60.1 Å². The molecule has 0 heterocycles. The number of rotatable bonds is 1. The molecule has 5 aliphatic rings. The molecule has 0 aromatic rings. The third-order valence-electron chi connectivity index (χ3n) is 13.7. The van der Waals surface area contributed by atoms with Crippen LogP contribution in [0.4, 0.5) is 0 Å². The van der Waals surface area contributed by atoms with Gasteiger partial charge in [-0.15, -0.1) is 0 Å². The van der Waals surface area contributed by atoms with E-state index in [4.69, 9.17) is 10.5 Å². The summed E-state index contributed by atoms with van der Waals surface area (Å²) in [6.45, 7) is 17.6. The van der Waals surface area contributed by atoms with Crippen molar-refractivity contribution < 1.29 is 9.53 Å². The molecule has 34 heavy (non-hydrogen) atoms. The molecule has 0 amide bonds. The van der Waals surface area contributed by atoms with Crippen molar-refractivity contribution in [2.45, 2.75) is 112 Å². The lowest BCUT2D eigenvalue weighted by Crippen LogP contribution is -2.66. The molecular formula is C31H51NO2. The van der Waals surface area contributed by atoms with E-state index >= 15 is 0 Å². The smallest absolute Gasteiger partial charge is 0.312 e. The minimum atomic E-state index is -0.310. The number of esters is 1. The van der Waals surface area contributed by atoms with Crippen LogP contribution in [-0.4, -0.2) is 19.1 Å². The molecule has 5 aliphatic carbocycles. The first-order chi connectivity index (χ1) is 15.8. The molecule has 3 nitrogen and oxygen atoms in total. The van der Waals surface area contributed by atoms with Gasteiger partial charge in [-0.2, -0.15) is 0 Å². The molecule has 0 bridgehead atoms. The Morgan fingerprint density at radius 2 is 1.65 bits per heavy atom. The Morgan fingerprint density at radius 3 is 2.32 bits per heavy atom. The molecule has 0 spiro atoms. The van der Waals surface area contributed by atoms with E-state index in [0.29, 0.717) is 41.0 Å². The van der Waals surface area contributed by atoms with Gasteiger partial charge in [0.2, 0.25) is 0 Å². The topological polar surface area (TPSA) is 52.3 Å². The van der Waals surface area contributed by atoms with Crippen LogP contribution in [0.15, 0.2) is 11.6 Å². The molecule has 0 aromatic heterocycles. The number of nitrogens with two attached hydrogens (primary N) is 1. The lowest BCUT2D eigenvalue weighted by atomic mass is 9.33. The van der Waals surface area contributed by atoms with E-state index in [9.17, 15) is 4.79 Å². The van der Waals surface area contributed by atoms with Crippen LogP contribution >= 0.6 is 0 Å². The van der Waals surface area contributed by atoms with Crippen molar-refractivity contribution in [1.29, 1.82) is 0 Å². The van der Waals surface area contributed by atoms with E-state index in [2.05, 4.69) is 54.5 Å². The number of hydrogen-bond acceptors (Lipinski definition) is 3. The molecule has 0 unspecified atom stereocenters. The predicted octanol–water partition coefficient (Wildman–Crippen LogP) is 7.14. The summed E-state index contributed by atoms with van der Waals surface area (Å²) >= 11 is 0. The zero-order chi connectivity index (χ0) is 24.9. The lowest BCUT2D eigenvalue weighted by molar-refractivity contribution is -0.192. The number of carbonyl (C=O) groups excluding carboxylic acids is 1. The molecule has 4 saturated carbocycles. The second-order valence-corrected chi connectivity index (χ2v) is 14.8. The van der Waals surface area contributed by atoms with Gasteiger partial charge < -0.3 is 10.5 Å². The molecule has 0 saturated heterocycles. The van der Waals surface area contributed by atoms with Gasteiger partial charge in [0.15, 0.2) is 0 Å². The highest BCUT2D eigenvalue weighted by molar-refractivity contribution is 5.78. The van der Waals surface area contributed by atoms with Crippen molar-refractivity contribution >= 4 is 5.97 Å². The Balaban J connectivity index is 1.61. The van der Waals surface area contributed by atoms with E-state index in [1.165, 1.54) is 25.7 Å². The fourth-order valence-corrected chi connectivity index (χ4v) is 11.1. The average Bonchev–Trinajstić information content (AvgIpc) is 2.79. The first-order valence-electron chi connectivity index (χ1n) is 14.3. The van der Waals surface area contributed by atoms with E-state index in [1.807, 2.05) is 0 Å². The second kappa shape index (κ2) is 7.59. The van der Waals surface area contributed by atoms with Crippen molar-refractivity contribution in [3.63, 3.8) is 0 Å². The Morgan fingerprint density at radius 1 is 0.941 bits per heavy atom. The molecule has 0 aromatic carbocycles. The van der Waals surface area contributed by atoms with Gasteiger partial charge in [0.05, 0.1) is 12.5 Å². The standard InChI is InChI=1S/C31H51NO2/c1-19-11-16-31(26(33)34-8)18-17-29(6)21(25(31)20(19)2)9-10-23-28(5)14-13-24(32)27(3,4)22(28)12-15-30(23,29)7/h9,19-20,22-25H,10-18,32H2,1-8H3/t19-,20+,22+,23-,24+,25+,28+,29-,30-,31+/m1/s1. The summed E-state index contributed by atoms with van der Waals surface area (Å²) in [7, 11) is 1.61. The summed E-state index contributed by atoms with van der Waals surface area (Å²) in [6.07, 6.45) is 13.1. The van der Waals surface area contributed by atoms with Crippen molar-refractivity contribution in [3.05, 3.63) is 11.6 Å². The third-order valence-corrected chi connectivity index (χ3v) is 13.7. The summed E-state index contributed by atoms with van der Waals surface area (Å²) in [5.41, 5.74) is 9.04. The highest BCUT2D eigenvalue weighted by atomic mass is 16.5. The van der Waals surface area contributed by atoms with Gasteiger partial charge in [0, 0.05) is 6.04 Å². The maximum atomic E-state index is 13.4. The highest BCUT2D eigenvalue weighted by Gasteiger charge is 2.69.